The molecule has 1 aromatic heterocycles. The summed E-state index contributed by atoms with van der Waals surface area (Å²) in [6.45, 7) is 3.37. The first-order chi connectivity index (χ1) is 10.3. The van der Waals surface area contributed by atoms with Gasteiger partial charge in [-0.2, -0.15) is 0 Å². The summed E-state index contributed by atoms with van der Waals surface area (Å²) in [5, 5.41) is 5.85. The van der Waals surface area contributed by atoms with Crippen LogP contribution in [0.5, 0.6) is 5.75 Å². The van der Waals surface area contributed by atoms with Crippen LogP contribution in [0.1, 0.15) is 12.8 Å². The Hall–Kier alpha value is -1.81. The minimum absolute atomic E-state index is 0.700. The van der Waals surface area contributed by atoms with Crippen LogP contribution in [-0.4, -0.2) is 43.7 Å². The number of hydrogen-bond donors (Lipinski definition) is 1. The number of hydrogen-bond acceptors (Lipinski definition) is 4. The Morgan fingerprint density at radius 2 is 2.29 bits per heavy atom. The standard InChI is InChI=1S/C17H23N3O/c1-20-9-3-4-13(12-20)11-19-17-16-10-15(21-2)6-5-14(16)7-8-18-17/h5-8,10,13H,3-4,9,11-12H2,1-2H3,(H,18,19). The highest BCUT2D eigenvalue weighted by Gasteiger charge is 2.17. The number of methoxy groups -OCH3 is 1. The van der Waals surface area contributed by atoms with Crippen molar-refractivity contribution in [2.45, 2.75) is 12.8 Å². The second-order valence-electron chi connectivity index (χ2n) is 5.90. The highest BCUT2D eigenvalue weighted by atomic mass is 16.5. The number of piperidine rings is 1. The molecular weight excluding hydrogens is 262 g/mol. The molecule has 1 unspecified atom stereocenters. The van der Waals surface area contributed by atoms with Gasteiger partial charge < -0.3 is 15.0 Å². The Morgan fingerprint density at radius 3 is 3.10 bits per heavy atom. The largest absolute Gasteiger partial charge is 0.497 e. The van der Waals surface area contributed by atoms with E-state index in [9.17, 15) is 0 Å². The van der Waals surface area contributed by atoms with Gasteiger partial charge in [-0.15, -0.1) is 0 Å². The second kappa shape index (κ2) is 6.31. The number of nitrogens with one attached hydrogen (secondary N) is 1. The van der Waals surface area contributed by atoms with Crippen LogP contribution in [0, 0.1) is 5.92 Å². The SMILES string of the molecule is COc1ccc2ccnc(NCC3CCCN(C)C3)c2c1. The van der Waals surface area contributed by atoms with Gasteiger partial charge in [0.15, 0.2) is 0 Å². The molecule has 1 aromatic carbocycles. The number of benzene rings is 1. The van der Waals surface area contributed by atoms with E-state index in [0.717, 1.165) is 23.5 Å². The molecule has 112 valence electrons. The summed E-state index contributed by atoms with van der Waals surface area (Å²) < 4.78 is 5.32. The molecule has 1 fully saturated rings. The lowest BCUT2D eigenvalue weighted by molar-refractivity contribution is 0.217. The normalized spacial score (nSPS) is 19.6. The van der Waals surface area contributed by atoms with Gasteiger partial charge >= 0.3 is 0 Å². The van der Waals surface area contributed by atoms with E-state index in [4.69, 9.17) is 4.74 Å². The fraction of sp³-hybridized carbons (Fsp3) is 0.471. The van der Waals surface area contributed by atoms with Crippen molar-refractivity contribution >= 4 is 16.6 Å². The molecule has 2 aromatic rings. The van der Waals surface area contributed by atoms with Crippen LogP contribution < -0.4 is 10.1 Å². The molecule has 1 N–H and O–H groups in total. The van der Waals surface area contributed by atoms with Gasteiger partial charge in [-0.05, 0) is 55.9 Å². The predicted octanol–water partition coefficient (Wildman–Crippen LogP) is 3.00. The van der Waals surface area contributed by atoms with Crippen LogP contribution in [0.3, 0.4) is 0 Å². The van der Waals surface area contributed by atoms with E-state index in [1.165, 1.54) is 31.3 Å². The molecule has 0 spiro atoms. The summed E-state index contributed by atoms with van der Waals surface area (Å²) in [5.74, 6) is 2.53. The summed E-state index contributed by atoms with van der Waals surface area (Å²) >= 11 is 0. The molecule has 21 heavy (non-hydrogen) atoms. The Bertz CT molecular complexity index is 614. The maximum atomic E-state index is 5.32. The van der Waals surface area contributed by atoms with E-state index < -0.39 is 0 Å². The zero-order valence-corrected chi connectivity index (χ0v) is 12.8. The van der Waals surface area contributed by atoms with Crippen molar-refractivity contribution in [1.82, 2.24) is 9.88 Å². The Morgan fingerprint density at radius 1 is 1.38 bits per heavy atom. The van der Waals surface area contributed by atoms with Crippen LogP contribution in [0.2, 0.25) is 0 Å². The first kappa shape index (κ1) is 14.1. The molecule has 4 heteroatoms. The van der Waals surface area contributed by atoms with Gasteiger partial charge in [0.25, 0.3) is 0 Å². The van der Waals surface area contributed by atoms with Crippen molar-refractivity contribution in [3.05, 3.63) is 30.5 Å². The van der Waals surface area contributed by atoms with Crippen LogP contribution >= 0.6 is 0 Å². The van der Waals surface area contributed by atoms with Crippen molar-refractivity contribution in [2.24, 2.45) is 5.92 Å². The van der Waals surface area contributed by atoms with Crippen LogP contribution in [0.15, 0.2) is 30.5 Å². The van der Waals surface area contributed by atoms with Gasteiger partial charge in [0, 0.05) is 24.7 Å². The molecule has 0 amide bonds. The summed E-state index contributed by atoms with van der Waals surface area (Å²) in [6.07, 6.45) is 4.45. The summed E-state index contributed by atoms with van der Waals surface area (Å²) in [6, 6.07) is 8.16. The summed E-state index contributed by atoms with van der Waals surface area (Å²) in [4.78, 5) is 6.92. The van der Waals surface area contributed by atoms with Crippen molar-refractivity contribution < 1.29 is 4.74 Å². The van der Waals surface area contributed by atoms with Crippen molar-refractivity contribution in [2.75, 3.05) is 39.1 Å². The van der Waals surface area contributed by atoms with E-state index in [0.29, 0.717) is 5.92 Å². The molecule has 3 rings (SSSR count). The topological polar surface area (TPSA) is 37.4 Å². The fourth-order valence-corrected chi connectivity index (χ4v) is 3.10. The number of nitrogens with zero attached hydrogens (tertiary/aromatic N) is 2. The first-order valence-corrected chi connectivity index (χ1v) is 7.61. The van der Waals surface area contributed by atoms with Crippen LogP contribution in [0.4, 0.5) is 5.82 Å². The van der Waals surface area contributed by atoms with Crippen LogP contribution in [0.25, 0.3) is 10.8 Å². The Labute approximate surface area is 126 Å². The minimum atomic E-state index is 0.700. The average molecular weight is 285 g/mol. The molecular formula is C17H23N3O. The van der Waals surface area contributed by atoms with Crippen LogP contribution in [-0.2, 0) is 0 Å². The molecule has 1 saturated heterocycles. The monoisotopic (exact) mass is 285 g/mol. The van der Waals surface area contributed by atoms with E-state index in [-0.39, 0.29) is 0 Å². The maximum absolute atomic E-state index is 5.32. The lowest BCUT2D eigenvalue weighted by Crippen LogP contribution is -2.35. The predicted molar refractivity (Wildman–Crippen MR) is 87.0 cm³/mol. The lowest BCUT2D eigenvalue weighted by Gasteiger charge is -2.29. The van der Waals surface area contributed by atoms with Gasteiger partial charge in [0.05, 0.1) is 7.11 Å². The fourth-order valence-electron chi connectivity index (χ4n) is 3.10. The first-order valence-electron chi connectivity index (χ1n) is 7.61. The lowest BCUT2D eigenvalue weighted by atomic mass is 9.98. The van der Waals surface area contributed by atoms with Gasteiger partial charge in [0.2, 0.25) is 0 Å². The Kier molecular flexibility index (Phi) is 4.25. The number of aromatic nitrogens is 1. The smallest absolute Gasteiger partial charge is 0.133 e. The number of fused-ring (bicyclic) bond motifs is 1. The summed E-state index contributed by atoms with van der Waals surface area (Å²) in [7, 11) is 3.90. The third-order valence-corrected chi connectivity index (χ3v) is 4.25. The van der Waals surface area contributed by atoms with E-state index in [1.807, 2.05) is 18.3 Å². The summed E-state index contributed by atoms with van der Waals surface area (Å²) in [5.41, 5.74) is 0. The quantitative estimate of drug-likeness (QED) is 0.937. The Balaban J connectivity index is 1.76. The van der Waals surface area contributed by atoms with Crippen molar-refractivity contribution in [3.63, 3.8) is 0 Å². The third kappa shape index (κ3) is 3.27. The second-order valence-corrected chi connectivity index (χ2v) is 5.90. The van der Waals surface area contributed by atoms with E-state index >= 15 is 0 Å². The number of anilines is 1. The van der Waals surface area contributed by atoms with Gasteiger partial charge in [-0.3, -0.25) is 0 Å². The number of likely N-dealkylation sites (tertiary alicyclic amines) is 1. The zero-order valence-electron chi connectivity index (χ0n) is 12.8. The van der Waals surface area contributed by atoms with E-state index in [2.05, 4.69) is 34.4 Å². The van der Waals surface area contributed by atoms with E-state index in [1.54, 1.807) is 7.11 Å². The molecule has 2 heterocycles. The number of pyridine rings is 1. The van der Waals surface area contributed by atoms with Gasteiger partial charge in [-0.1, -0.05) is 6.07 Å². The van der Waals surface area contributed by atoms with Gasteiger partial charge in [-0.25, -0.2) is 4.98 Å². The molecule has 1 aliphatic heterocycles. The molecule has 4 nitrogen and oxygen atoms in total. The van der Waals surface area contributed by atoms with Crippen molar-refractivity contribution in [1.29, 1.82) is 0 Å². The highest BCUT2D eigenvalue weighted by Crippen LogP contribution is 2.26. The zero-order chi connectivity index (χ0) is 14.7. The molecule has 1 aliphatic rings. The molecule has 0 aliphatic carbocycles. The third-order valence-electron chi connectivity index (χ3n) is 4.25. The highest BCUT2D eigenvalue weighted by molar-refractivity contribution is 5.92. The number of rotatable bonds is 4. The maximum Gasteiger partial charge on any atom is 0.133 e. The molecule has 0 saturated carbocycles. The molecule has 0 radical (unpaired) electrons. The molecule has 1 atom stereocenters. The van der Waals surface area contributed by atoms with Crippen molar-refractivity contribution in [3.8, 4) is 5.75 Å². The van der Waals surface area contributed by atoms with Gasteiger partial charge in [0.1, 0.15) is 11.6 Å². The average Bonchev–Trinajstić information content (AvgIpc) is 2.52. The number of ether oxygens (including phenoxy) is 1. The minimum Gasteiger partial charge on any atom is -0.497 e. The molecule has 0 bridgehead atoms.